The number of carbonyl (C=O) groups excluding carboxylic acids is 1. The fraction of sp³-hybridized carbons (Fsp3) is 0.143. The van der Waals surface area contributed by atoms with Crippen molar-refractivity contribution in [1.82, 2.24) is 4.98 Å². The van der Waals surface area contributed by atoms with Gasteiger partial charge in [-0.1, -0.05) is 12.1 Å². The van der Waals surface area contributed by atoms with Crippen LogP contribution in [0.3, 0.4) is 0 Å². The minimum absolute atomic E-state index is 0.213. The molecule has 2 heterocycles. The Labute approximate surface area is 150 Å². The van der Waals surface area contributed by atoms with Crippen molar-refractivity contribution in [2.45, 2.75) is 6.92 Å². The van der Waals surface area contributed by atoms with Crippen molar-refractivity contribution in [3.05, 3.63) is 65.9 Å². The highest BCUT2D eigenvalue weighted by Crippen LogP contribution is 2.27. The lowest BCUT2D eigenvalue weighted by molar-refractivity contribution is 0.0968. The van der Waals surface area contributed by atoms with Crippen LogP contribution < -0.4 is 9.64 Å². The number of furan rings is 1. The number of nitrogens with zero attached hydrogens (tertiary/aromatic N) is 2. The summed E-state index contributed by atoms with van der Waals surface area (Å²) in [5.41, 5.74) is 3.11. The molecule has 5 heteroatoms. The van der Waals surface area contributed by atoms with Crippen LogP contribution in [0.5, 0.6) is 5.75 Å². The first-order valence-corrected chi connectivity index (χ1v) is 8.28. The van der Waals surface area contributed by atoms with Crippen LogP contribution in [-0.2, 0) is 0 Å². The molecule has 0 aliphatic carbocycles. The smallest absolute Gasteiger partial charge is 0.293 e. The lowest BCUT2D eigenvalue weighted by Crippen LogP contribution is -2.25. The molecule has 0 spiro atoms. The number of aromatic nitrogens is 1. The van der Waals surface area contributed by atoms with E-state index in [0.717, 1.165) is 33.3 Å². The van der Waals surface area contributed by atoms with Crippen LogP contribution in [0.4, 0.5) is 5.69 Å². The van der Waals surface area contributed by atoms with Gasteiger partial charge in [-0.05, 0) is 48.9 Å². The summed E-state index contributed by atoms with van der Waals surface area (Å²) in [6, 6.07) is 17.1. The molecule has 0 N–H and O–H groups in total. The zero-order valence-electron chi connectivity index (χ0n) is 14.8. The molecule has 0 aliphatic heterocycles. The molecule has 5 nitrogen and oxygen atoms in total. The number of pyridine rings is 1. The maximum absolute atomic E-state index is 12.8. The van der Waals surface area contributed by atoms with Crippen LogP contribution in [0.15, 0.2) is 59.0 Å². The summed E-state index contributed by atoms with van der Waals surface area (Å²) < 4.78 is 11.0. The molecule has 0 fully saturated rings. The summed E-state index contributed by atoms with van der Waals surface area (Å²) in [7, 11) is 3.35. The van der Waals surface area contributed by atoms with Crippen LogP contribution in [0.1, 0.15) is 16.1 Å². The number of hydrogen-bond acceptors (Lipinski definition) is 4. The number of rotatable bonds is 3. The maximum Gasteiger partial charge on any atom is 0.293 e. The van der Waals surface area contributed by atoms with Crippen LogP contribution >= 0.6 is 0 Å². The van der Waals surface area contributed by atoms with E-state index in [2.05, 4.69) is 4.98 Å². The van der Waals surface area contributed by atoms with E-state index in [4.69, 9.17) is 9.15 Å². The van der Waals surface area contributed by atoms with Gasteiger partial charge in [0.1, 0.15) is 5.75 Å². The second-order valence-electron chi connectivity index (χ2n) is 6.26. The third-order valence-electron chi connectivity index (χ3n) is 4.42. The summed E-state index contributed by atoms with van der Waals surface area (Å²) in [4.78, 5) is 18.9. The number of ether oxygens (including phenoxy) is 1. The normalized spacial score (nSPS) is 11.0. The molecule has 2 aromatic carbocycles. The van der Waals surface area contributed by atoms with E-state index in [1.165, 1.54) is 0 Å². The third-order valence-corrected chi connectivity index (χ3v) is 4.42. The molecule has 0 atom stereocenters. The van der Waals surface area contributed by atoms with E-state index in [1.54, 1.807) is 25.1 Å². The van der Waals surface area contributed by atoms with Gasteiger partial charge in [0.2, 0.25) is 5.71 Å². The molecule has 0 aliphatic rings. The van der Waals surface area contributed by atoms with Crippen LogP contribution in [0.2, 0.25) is 0 Å². The Bertz CT molecular complexity index is 1130. The van der Waals surface area contributed by atoms with Crippen molar-refractivity contribution >= 4 is 33.6 Å². The third kappa shape index (κ3) is 2.77. The molecule has 130 valence electrons. The van der Waals surface area contributed by atoms with Crippen molar-refractivity contribution in [3.63, 3.8) is 0 Å². The number of benzene rings is 2. The highest BCUT2D eigenvalue weighted by molar-refractivity contribution is 6.06. The Morgan fingerprint density at radius 3 is 2.69 bits per heavy atom. The Kier molecular flexibility index (Phi) is 3.84. The molecule has 2 aromatic heterocycles. The standard InChI is InChI=1S/C21H18N2O3/c1-13-5-4-6-16(9-13)23(2)21(24)19-11-15-10-14-7-8-17(25-3)12-18(14)22-20(15)26-19/h4-12H,1-3H3. The molecule has 0 saturated carbocycles. The monoisotopic (exact) mass is 346 g/mol. The van der Waals surface area contributed by atoms with E-state index >= 15 is 0 Å². The highest BCUT2D eigenvalue weighted by Gasteiger charge is 2.19. The van der Waals surface area contributed by atoms with Gasteiger partial charge in [0, 0.05) is 29.6 Å². The highest BCUT2D eigenvalue weighted by atomic mass is 16.5. The second-order valence-corrected chi connectivity index (χ2v) is 6.26. The first-order chi connectivity index (χ1) is 12.5. The van der Waals surface area contributed by atoms with Gasteiger partial charge in [-0.25, -0.2) is 4.98 Å². The van der Waals surface area contributed by atoms with Gasteiger partial charge in [0.15, 0.2) is 5.76 Å². The molecular formula is C21H18N2O3. The minimum atomic E-state index is -0.213. The lowest BCUT2D eigenvalue weighted by Gasteiger charge is -2.16. The van der Waals surface area contributed by atoms with Crippen molar-refractivity contribution in [3.8, 4) is 5.75 Å². The number of methoxy groups -OCH3 is 1. The van der Waals surface area contributed by atoms with Crippen LogP contribution in [0.25, 0.3) is 22.0 Å². The molecule has 0 saturated heterocycles. The maximum atomic E-state index is 12.8. The van der Waals surface area contributed by atoms with E-state index < -0.39 is 0 Å². The number of amides is 1. The molecule has 1 amide bonds. The van der Waals surface area contributed by atoms with Crippen LogP contribution in [-0.4, -0.2) is 25.0 Å². The zero-order valence-corrected chi connectivity index (χ0v) is 14.8. The number of fused-ring (bicyclic) bond motifs is 2. The van der Waals surface area contributed by atoms with Gasteiger partial charge in [0.25, 0.3) is 5.91 Å². The molecule has 4 aromatic rings. The van der Waals surface area contributed by atoms with Gasteiger partial charge in [-0.3, -0.25) is 4.79 Å². The lowest BCUT2D eigenvalue weighted by atomic mass is 10.2. The van der Waals surface area contributed by atoms with E-state index in [-0.39, 0.29) is 11.7 Å². The molecule has 26 heavy (non-hydrogen) atoms. The molecular weight excluding hydrogens is 328 g/mol. The summed E-state index contributed by atoms with van der Waals surface area (Å²) in [6.07, 6.45) is 0. The average Bonchev–Trinajstić information content (AvgIpc) is 3.07. The van der Waals surface area contributed by atoms with Gasteiger partial charge in [-0.15, -0.1) is 0 Å². The fourth-order valence-corrected chi connectivity index (χ4v) is 2.96. The van der Waals surface area contributed by atoms with Gasteiger partial charge in [0.05, 0.1) is 12.6 Å². The van der Waals surface area contributed by atoms with Gasteiger partial charge < -0.3 is 14.1 Å². The summed E-state index contributed by atoms with van der Waals surface area (Å²) >= 11 is 0. The number of hydrogen-bond donors (Lipinski definition) is 0. The summed E-state index contributed by atoms with van der Waals surface area (Å²) in [6.45, 7) is 1.99. The van der Waals surface area contributed by atoms with E-state index in [9.17, 15) is 4.79 Å². The number of anilines is 1. The minimum Gasteiger partial charge on any atom is -0.497 e. The predicted octanol–water partition coefficient (Wildman–Crippen LogP) is 4.57. The van der Waals surface area contributed by atoms with E-state index in [1.807, 2.05) is 55.5 Å². The quantitative estimate of drug-likeness (QED) is 0.545. The Hall–Kier alpha value is -3.34. The first-order valence-electron chi connectivity index (χ1n) is 8.28. The van der Waals surface area contributed by atoms with Crippen molar-refractivity contribution < 1.29 is 13.9 Å². The number of aryl methyl sites for hydroxylation is 1. The van der Waals surface area contributed by atoms with Crippen LogP contribution in [0, 0.1) is 6.92 Å². The zero-order chi connectivity index (χ0) is 18.3. The molecule has 0 radical (unpaired) electrons. The number of carbonyl (C=O) groups is 1. The average molecular weight is 346 g/mol. The molecule has 0 bridgehead atoms. The van der Waals surface area contributed by atoms with Gasteiger partial charge in [-0.2, -0.15) is 0 Å². The SMILES string of the molecule is COc1ccc2cc3cc(C(=O)N(C)c4cccc(C)c4)oc3nc2c1. The Morgan fingerprint density at radius 1 is 1.08 bits per heavy atom. The fourth-order valence-electron chi connectivity index (χ4n) is 2.96. The summed E-state index contributed by atoms with van der Waals surface area (Å²) in [5, 5.41) is 1.76. The summed E-state index contributed by atoms with van der Waals surface area (Å²) in [5.74, 6) is 0.778. The van der Waals surface area contributed by atoms with Crippen molar-refractivity contribution in [2.75, 3.05) is 19.1 Å². The topological polar surface area (TPSA) is 55.6 Å². The van der Waals surface area contributed by atoms with Crippen molar-refractivity contribution in [2.24, 2.45) is 0 Å². The largest absolute Gasteiger partial charge is 0.497 e. The van der Waals surface area contributed by atoms with Crippen molar-refractivity contribution in [1.29, 1.82) is 0 Å². The molecule has 0 unspecified atom stereocenters. The second kappa shape index (κ2) is 6.19. The predicted molar refractivity (Wildman–Crippen MR) is 102 cm³/mol. The van der Waals surface area contributed by atoms with Gasteiger partial charge >= 0.3 is 0 Å². The molecule has 4 rings (SSSR count). The first kappa shape index (κ1) is 16.1. The Morgan fingerprint density at radius 2 is 1.92 bits per heavy atom. The Balaban J connectivity index is 1.74. The van der Waals surface area contributed by atoms with E-state index in [0.29, 0.717) is 5.71 Å².